The molecule has 0 spiro atoms. The zero-order valence-corrected chi connectivity index (χ0v) is 11.9. The standard InChI is InChI=1S/C13H20N2O3S/c1-18-12-5-7-13(8-6-12)19(16,17)15-10-2-9-14-11-3-4-11/h5-8,11,14-15H,2-4,9-10H2,1H3. The van der Waals surface area contributed by atoms with Crippen molar-refractivity contribution in [2.45, 2.75) is 30.2 Å². The van der Waals surface area contributed by atoms with Gasteiger partial charge in [-0.3, -0.25) is 0 Å². The molecule has 0 aliphatic heterocycles. The molecule has 2 rings (SSSR count). The Bertz CT molecular complexity index is 495. The summed E-state index contributed by atoms with van der Waals surface area (Å²) in [5.74, 6) is 0.646. The predicted octanol–water partition coefficient (Wildman–Crippen LogP) is 1.12. The van der Waals surface area contributed by atoms with E-state index in [0.717, 1.165) is 13.0 Å². The molecule has 0 unspecified atom stereocenters. The zero-order valence-electron chi connectivity index (χ0n) is 11.1. The molecule has 1 saturated carbocycles. The first-order valence-electron chi connectivity index (χ1n) is 6.49. The number of hydrogen-bond acceptors (Lipinski definition) is 4. The van der Waals surface area contributed by atoms with E-state index < -0.39 is 10.0 Å². The molecule has 1 aliphatic carbocycles. The minimum Gasteiger partial charge on any atom is -0.497 e. The maximum atomic E-state index is 12.0. The van der Waals surface area contributed by atoms with Gasteiger partial charge >= 0.3 is 0 Å². The van der Waals surface area contributed by atoms with E-state index in [2.05, 4.69) is 10.0 Å². The van der Waals surface area contributed by atoms with E-state index in [0.29, 0.717) is 18.3 Å². The summed E-state index contributed by atoms with van der Waals surface area (Å²) in [5, 5.41) is 3.35. The average Bonchev–Trinajstić information content (AvgIpc) is 3.22. The van der Waals surface area contributed by atoms with Crippen molar-refractivity contribution in [2.75, 3.05) is 20.2 Å². The highest BCUT2D eigenvalue weighted by Gasteiger charge is 2.19. The van der Waals surface area contributed by atoms with E-state index in [4.69, 9.17) is 4.74 Å². The highest BCUT2D eigenvalue weighted by atomic mass is 32.2. The van der Waals surface area contributed by atoms with Crippen LogP contribution in [0.2, 0.25) is 0 Å². The van der Waals surface area contributed by atoms with Gasteiger partial charge in [0.15, 0.2) is 0 Å². The molecular weight excluding hydrogens is 264 g/mol. The van der Waals surface area contributed by atoms with Crippen LogP contribution >= 0.6 is 0 Å². The molecule has 0 heterocycles. The van der Waals surface area contributed by atoms with Crippen molar-refractivity contribution < 1.29 is 13.2 Å². The average molecular weight is 284 g/mol. The van der Waals surface area contributed by atoms with Crippen molar-refractivity contribution in [1.29, 1.82) is 0 Å². The van der Waals surface area contributed by atoms with Crippen LogP contribution in [0.15, 0.2) is 29.2 Å². The largest absolute Gasteiger partial charge is 0.497 e. The third kappa shape index (κ3) is 4.49. The molecule has 0 radical (unpaired) electrons. The number of nitrogens with one attached hydrogen (secondary N) is 2. The fraction of sp³-hybridized carbons (Fsp3) is 0.538. The summed E-state index contributed by atoms with van der Waals surface area (Å²) in [7, 11) is -1.85. The third-order valence-corrected chi connectivity index (χ3v) is 4.50. The van der Waals surface area contributed by atoms with Crippen LogP contribution in [0.25, 0.3) is 0 Å². The number of ether oxygens (including phenoxy) is 1. The van der Waals surface area contributed by atoms with Crippen LogP contribution in [0.4, 0.5) is 0 Å². The highest BCUT2D eigenvalue weighted by molar-refractivity contribution is 7.89. The molecule has 6 heteroatoms. The monoisotopic (exact) mass is 284 g/mol. The van der Waals surface area contributed by atoms with Gasteiger partial charge in [-0.1, -0.05) is 0 Å². The summed E-state index contributed by atoms with van der Waals surface area (Å²) in [5.41, 5.74) is 0. The lowest BCUT2D eigenvalue weighted by molar-refractivity contribution is 0.414. The maximum Gasteiger partial charge on any atom is 0.240 e. The van der Waals surface area contributed by atoms with Crippen LogP contribution in [0.1, 0.15) is 19.3 Å². The van der Waals surface area contributed by atoms with Gasteiger partial charge in [-0.15, -0.1) is 0 Å². The van der Waals surface area contributed by atoms with E-state index in [9.17, 15) is 8.42 Å². The lowest BCUT2D eigenvalue weighted by Crippen LogP contribution is -2.28. The third-order valence-electron chi connectivity index (χ3n) is 3.03. The summed E-state index contributed by atoms with van der Waals surface area (Å²) < 4.78 is 31.5. The van der Waals surface area contributed by atoms with E-state index in [1.807, 2.05) is 0 Å². The van der Waals surface area contributed by atoms with Crippen LogP contribution in [-0.4, -0.2) is 34.7 Å². The van der Waals surface area contributed by atoms with Gasteiger partial charge in [-0.05, 0) is 50.1 Å². The summed E-state index contributed by atoms with van der Waals surface area (Å²) in [4.78, 5) is 0.267. The van der Waals surface area contributed by atoms with Gasteiger partial charge in [0.25, 0.3) is 0 Å². The van der Waals surface area contributed by atoms with Crippen molar-refractivity contribution in [3.8, 4) is 5.75 Å². The van der Waals surface area contributed by atoms with Gasteiger partial charge in [-0.25, -0.2) is 13.1 Å². The Morgan fingerprint density at radius 3 is 2.47 bits per heavy atom. The Morgan fingerprint density at radius 1 is 1.21 bits per heavy atom. The van der Waals surface area contributed by atoms with Crippen LogP contribution in [0.3, 0.4) is 0 Å². The molecule has 5 nitrogen and oxygen atoms in total. The molecule has 1 fully saturated rings. The van der Waals surface area contributed by atoms with Crippen LogP contribution in [-0.2, 0) is 10.0 Å². The molecule has 0 aromatic heterocycles. The topological polar surface area (TPSA) is 67.4 Å². The quantitative estimate of drug-likeness (QED) is 0.702. The number of benzene rings is 1. The Kier molecular flexibility index (Phi) is 4.79. The zero-order chi connectivity index (χ0) is 13.7. The second-order valence-corrected chi connectivity index (χ2v) is 6.42. The summed E-state index contributed by atoms with van der Waals surface area (Å²) >= 11 is 0. The number of sulfonamides is 1. The first-order chi connectivity index (χ1) is 9.12. The molecule has 2 N–H and O–H groups in total. The Labute approximate surface area is 114 Å². The SMILES string of the molecule is COc1ccc(S(=O)(=O)NCCCNC2CC2)cc1. The van der Waals surface area contributed by atoms with Crippen molar-refractivity contribution in [3.63, 3.8) is 0 Å². The Morgan fingerprint density at radius 2 is 1.89 bits per heavy atom. The van der Waals surface area contributed by atoms with Gasteiger partial charge in [0.2, 0.25) is 10.0 Å². The minimum absolute atomic E-state index is 0.267. The van der Waals surface area contributed by atoms with Crippen LogP contribution < -0.4 is 14.8 Å². The number of hydrogen-bond donors (Lipinski definition) is 2. The lowest BCUT2D eigenvalue weighted by atomic mass is 10.3. The van der Waals surface area contributed by atoms with Gasteiger partial charge in [0, 0.05) is 12.6 Å². The predicted molar refractivity (Wildman–Crippen MR) is 73.8 cm³/mol. The van der Waals surface area contributed by atoms with Crippen molar-refractivity contribution in [3.05, 3.63) is 24.3 Å². The fourth-order valence-electron chi connectivity index (χ4n) is 1.73. The van der Waals surface area contributed by atoms with Gasteiger partial charge in [0.1, 0.15) is 5.75 Å². The molecule has 1 aromatic rings. The second-order valence-electron chi connectivity index (χ2n) is 4.66. The second kappa shape index (κ2) is 6.36. The van der Waals surface area contributed by atoms with E-state index >= 15 is 0 Å². The van der Waals surface area contributed by atoms with Crippen LogP contribution in [0, 0.1) is 0 Å². The highest BCUT2D eigenvalue weighted by Crippen LogP contribution is 2.18. The van der Waals surface area contributed by atoms with Gasteiger partial charge in [-0.2, -0.15) is 0 Å². The van der Waals surface area contributed by atoms with E-state index in [1.54, 1.807) is 31.4 Å². The molecule has 106 valence electrons. The smallest absolute Gasteiger partial charge is 0.240 e. The van der Waals surface area contributed by atoms with E-state index in [1.165, 1.54) is 12.8 Å². The normalized spacial score (nSPS) is 15.4. The van der Waals surface area contributed by atoms with Crippen molar-refractivity contribution in [2.24, 2.45) is 0 Å². The molecule has 0 atom stereocenters. The summed E-state index contributed by atoms with van der Waals surface area (Å²) in [6.07, 6.45) is 3.29. The Hall–Kier alpha value is -1.11. The molecular formula is C13H20N2O3S. The maximum absolute atomic E-state index is 12.0. The van der Waals surface area contributed by atoms with Gasteiger partial charge in [0.05, 0.1) is 12.0 Å². The minimum atomic E-state index is -3.40. The number of methoxy groups -OCH3 is 1. The molecule has 0 saturated heterocycles. The van der Waals surface area contributed by atoms with Crippen molar-refractivity contribution in [1.82, 2.24) is 10.0 Å². The summed E-state index contributed by atoms with van der Waals surface area (Å²) in [6.45, 7) is 1.31. The van der Waals surface area contributed by atoms with Crippen molar-refractivity contribution >= 4 is 10.0 Å². The Balaban J connectivity index is 1.78. The lowest BCUT2D eigenvalue weighted by Gasteiger charge is -2.08. The molecule has 0 amide bonds. The first-order valence-corrected chi connectivity index (χ1v) is 7.97. The number of rotatable bonds is 8. The summed E-state index contributed by atoms with van der Waals surface area (Å²) in [6, 6.07) is 7.04. The fourth-order valence-corrected chi connectivity index (χ4v) is 2.80. The molecule has 1 aliphatic rings. The molecule has 19 heavy (non-hydrogen) atoms. The van der Waals surface area contributed by atoms with Crippen LogP contribution in [0.5, 0.6) is 5.75 Å². The molecule has 1 aromatic carbocycles. The first kappa shape index (κ1) is 14.3. The molecule has 0 bridgehead atoms. The van der Waals surface area contributed by atoms with Gasteiger partial charge < -0.3 is 10.1 Å². The van der Waals surface area contributed by atoms with E-state index in [-0.39, 0.29) is 4.90 Å².